The molecule has 0 spiro atoms. The van der Waals surface area contributed by atoms with Gasteiger partial charge in [-0.25, -0.2) is 5.43 Å². The Labute approximate surface area is 159 Å². The maximum absolute atomic E-state index is 12.2. The van der Waals surface area contributed by atoms with E-state index in [4.69, 9.17) is 4.74 Å². The van der Waals surface area contributed by atoms with Crippen LogP contribution in [0.25, 0.3) is 0 Å². The normalized spacial score (nSPS) is 10.6. The predicted octanol–water partition coefficient (Wildman–Crippen LogP) is 3.30. The smallest absolute Gasteiger partial charge is 0.329 e. The van der Waals surface area contributed by atoms with E-state index < -0.39 is 11.8 Å². The van der Waals surface area contributed by atoms with E-state index in [1.807, 2.05) is 63.2 Å². The van der Waals surface area contributed by atoms with Gasteiger partial charge in [0.2, 0.25) is 0 Å². The molecular weight excluding hydrogens is 342 g/mol. The molecule has 0 aromatic heterocycles. The first-order chi connectivity index (χ1) is 13.1. The van der Waals surface area contributed by atoms with E-state index in [0.717, 1.165) is 24.0 Å². The Morgan fingerprint density at radius 2 is 1.63 bits per heavy atom. The molecule has 27 heavy (non-hydrogen) atoms. The fraction of sp³-hybridized carbons (Fsp3) is 0.286. The highest BCUT2D eigenvalue weighted by Gasteiger charge is 2.16. The number of ether oxygens (including phenoxy) is 1. The number of nitrogens with one attached hydrogen (secondary N) is 2. The first-order valence-corrected chi connectivity index (χ1v) is 9.07. The number of hydrogen-bond acceptors (Lipinski definition) is 4. The highest BCUT2D eigenvalue weighted by atomic mass is 16.5. The van der Waals surface area contributed by atoms with Gasteiger partial charge in [-0.3, -0.25) is 9.59 Å². The molecule has 0 radical (unpaired) electrons. The van der Waals surface area contributed by atoms with Crippen LogP contribution in [0.2, 0.25) is 0 Å². The van der Waals surface area contributed by atoms with Crippen LogP contribution in [-0.4, -0.2) is 24.6 Å². The van der Waals surface area contributed by atoms with Crippen LogP contribution < -0.4 is 15.5 Å². The molecule has 0 aliphatic rings. The van der Waals surface area contributed by atoms with Gasteiger partial charge in [-0.15, -0.1) is 0 Å². The fourth-order valence-corrected chi connectivity index (χ4v) is 2.66. The van der Waals surface area contributed by atoms with Crippen molar-refractivity contribution >= 4 is 23.7 Å². The topological polar surface area (TPSA) is 79.8 Å². The van der Waals surface area contributed by atoms with E-state index in [1.165, 1.54) is 6.21 Å². The Morgan fingerprint density at radius 1 is 0.963 bits per heavy atom. The molecule has 2 aromatic carbocycles. The predicted molar refractivity (Wildman–Crippen MR) is 107 cm³/mol. The van der Waals surface area contributed by atoms with Crippen LogP contribution in [-0.2, 0) is 22.4 Å². The lowest BCUT2D eigenvalue weighted by atomic mass is 10.0. The van der Waals surface area contributed by atoms with E-state index in [1.54, 1.807) is 0 Å². The molecule has 0 heterocycles. The van der Waals surface area contributed by atoms with Gasteiger partial charge in [0, 0.05) is 11.3 Å². The zero-order valence-corrected chi connectivity index (χ0v) is 15.9. The number of nitrogens with zero attached hydrogens (tertiary/aromatic N) is 1. The molecule has 6 nitrogen and oxygen atoms in total. The van der Waals surface area contributed by atoms with Gasteiger partial charge >= 0.3 is 11.8 Å². The van der Waals surface area contributed by atoms with Crippen LogP contribution in [0.4, 0.5) is 5.69 Å². The lowest BCUT2D eigenvalue weighted by molar-refractivity contribution is -0.136. The summed E-state index contributed by atoms with van der Waals surface area (Å²) in [6.45, 7) is 6.42. The number of hydrazone groups is 1. The van der Waals surface area contributed by atoms with Crippen LogP contribution in [0.15, 0.2) is 47.6 Å². The summed E-state index contributed by atoms with van der Waals surface area (Å²) in [6.07, 6.45) is 2.97. The molecule has 0 atom stereocenters. The average Bonchev–Trinajstić information content (AvgIpc) is 2.69. The van der Waals surface area contributed by atoms with Crippen LogP contribution >= 0.6 is 0 Å². The average molecular weight is 367 g/mol. The maximum atomic E-state index is 12.2. The van der Waals surface area contributed by atoms with Crippen LogP contribution in [0, 0.1) is 0 Å². The van der Waals surface area contributed by atoms with E-state index in [-0.39, 0.29) is 0 Å². The lowest BCUT2D eigenvalue weighted by Crippen LogP contribution is -2.33. The molecule has 0 saturated carbocycles. The van der Waals surface area contributed by atoms with Crippen molar-refractivity contribution < 1.29 is 14.3 Å². The third-order valence-electron chi connectivity index (χ3n) is 4.03. The molecule has 142 valence electrons. The molecular formula is C21H25N3O3. The minimum atomic E-state index is -0.826. The first kappa shape index (κ1) is 20.2. The van der Waals surface area contributed by atoms with Gasteiger partial charge < -0.3 is 10.1 Å². The summed E-state index contributed by atoms with van der Waals surface area (Å²) < 4.78 is 5.49. The Kier molecular flexibility index (Phi) is 7.55. The van der Waals surface area contributed by atoms with Gasteiger partial charge in [0.25, 0.3) is 0 Å². The third-order valence-corrected chi connectivity index (χ3v) is 4.03. The summed E-state index contributed by atoms with van der Waals surface area (Å²) in [7, 11) is 0. The van der Waals surface area contributed by atoms with Crippen LogP contribution in [0.1, 0.15) is 37.5 Å². The SMILES string of the molecule is CCOc1ccccc1/C=N\NC(=O)C(=O)Nc1c(CC)cccc1CC. The lowest BCUT2D eigenvalue weighted by Gasteiger charge is -2.13. The minimum absolute atomic E-state index is 0.524. The van der Waals surface area contributed by atoms with Gasteiger partial charge in [0.05, 0.1) is 12.8 Å². The molecule has 0 aliphatic carbocycles. The van der Waals surface area contributed by atoms with E-state index >= 15 is 0 Å². The molecule has 6 heteroatoms. The zero-order valence-electron chi connectivity index (χ0n) is 15.9. The first-order valence-electron chi connectivity index (χ1n) is 9.07. The number of aryl methyl sites for hydroxylation is 2. The van der Waals surface area contributed by atoms with E-state index in [2.05, 4.69) is 15.8 Å². The number of amides is 2. The molecule has 2 N–H and O–H groups in total. The summed E-state index contributed by atoms with van der Waals surface area (Å²) in [5.74, 6) is -0.916. The monoisotopic (exact) mass is 367 g/mol. The number of hydrogen-bond donors (Lipinski definition) is 2. The molecule has 2 amide bonds. The standard InChI is InChI=1S/C21H25N3O3/c1-4-15-11-9-12-16(5-2)19(15)23-20(25)21(26)24-22-14-17-10-7-8-13-18(17)27-6-3/h7-14H,4-6H2,1-3H3,(H,23,25)(H,24,26)/b22-14-. The van der Waals surface area contributed by atoms with Crippen molar-refractivity contribution in [2.24, 2.45) is 5.10 Å². The van der Waals surface area contributed by atoms with E-state index in [0.29, 0.717) is 23.6 Å². The largest absolute Gasteiger partial charge is 0.493 e. The number of carbonyl (C=O) groups is 2. The van der Waals surface area contributed by atoms with Crippen LogP contribution in [0.3, 0.4) is 0 Å². The summed E-state index contributed by atoms with van der Waals surface area (Å²) in [6, 6.07) is 13.1. The van der Waals surface area contributed by atoms with Gasteiger partial charge in [-0.1, -0.05) is 44.2 Å². The number of anilines is 1. The molecule has 0 fully saturated rings. The van der Waals surface area contributed by atoms with Crippen molar-refractivity contribution in [3.05, 3.63) is 59.2 Å². The Morgan fingerprint density at radius 3 is 2.26 bits per heavy atom. The molecule has 2 rings (SSSR count). The molecule has 0 saturated heterocycles. The van der Waals surface area contributed by atoms with E-state index in [9.17, 15) is 9.59 Å². The second-order valence-corrected chi connectivity index (χ2v) is 5.78. The van der Waals surface area contributed by atoms with Crippen molar-refractivity contribution in [3.8, 4) is 5.75 Å². The number of carbonyl (C=O) groups excluding carboxylic acids is 2. The molecule has 2 aromatic rings. The highest BCUT2D eigenvalue weighted by Crippen LogP contribution is 2.22. The summed E-state index contributed by atoms with van der Waals surface area (Å²) >= 11 is 0. The van der Waals surface area contributed by atoms with Gasteiger partial charge in [-0.05, 0) is 43.0 Å². The second kappa shape index (κ2) is 10.1. The molecule has 0 aliphatic heterocycles. The zero-order chi connectivity index (χ0) is 19.6. The molecule has 0 unspecified atom stereocenters. The second-order valence-electron chi connectivity index (χ2n) is 5.78. The Bertz CT molecular complexity index is 809. The number of rotatable bonds is 7. The quantitative estimate of drug-likeness (QED) is 0.448. The van der Waals surface area contributed by atoms with Crippen molar-refractivity contribution in [2.75, 3.05) is 11.9 Å². The third kappa shape index (κ3) is 5.41. The fourth-order valence-electron chi connectivity index (χ4n) is 2.66. The summed E-state index contributed by atoms with van der Waals surface area (Å²) in [4.78, 5) is 24.3. The maximum Gasteiger partial charge on any atom is 0.329 e. The Hall–Kier alpha value is -3.15. The van der Waals surface area contributed by atoms with Gasteiger partial charge in [0.1, 0.15) is 5.75 Å². The highest BCUT2D eigenvalue weighted by molar-refractivity contribution is 6.39. The number of para-hydroxylation sites is 2. The summed E-state index contributed by atoms with van der Waals surface area (Å²) in [5, 5.41) is 6.58. The minimum Gasteiger partial charge on any atom is -0.493 e. The van der Waals surface area contributed by atoms with Crippen molar-refractivity contribution in [2.45, 2.75) is 33.6 Å². The van der Waals surface area contributed by atoms with Crippen molar-refractivity contribution in [3.63, 3.8) is 0 Å². The Balaban J connectivity index is 2.04. The number of benzene rings is 2. The van der Waals surface area contributed by atoms with Crippen molar-refractivity contribution in [1.29, 1.82) is 0 Å². The molecule has 0 bridgehead atoms. The van der Waals surface area contributed by atoms with Crippen LogP contribution in [0.5, 0.6) is 5.75 Å². The van der Waals surface area contributed by atoms with Gasteiger partial charge in [-0.2, -0.15) is 5.10 Å². The summed E-state index contributed by atoms with van der Waals surface area (Å²) in [5.41, 5.74) is 5.65. The van der Waals surface area contributed by atoms with Crippen molar-refractivity contribution in [1.82, 2.24) is 5.43 Å². The van der Waals surface area contributed by atoms with Gasteiger partial charge in [0.15, 0.2) is 0 Å².